The molecule has 0 unspecified atom stereocenters. The average molecular weight is 701 g/mol. The zero-order valence-corrected chi connectivity index (χ0v) is 29.8. The van der Waals surface area contributed by atoms with Gasteiger partial charge in [-0.15, -0.1) is 10.2 Å². The lowest BCUT2D eigenvalue weighted by Gasteiger charge is -2.41. The van der Waals surface area contributed by atoms with Gasteiger partial charge >= 0.3 is 0 Å². The van der Waals surface area contributed by atoms with Crippen LogP contribution in [0.15, 0.2) is 20.2 Å². The van der Waals surface area contributed by atoms with E-state index in [1.165, 1.54) is 0 Å². The first-order valence-corrected chi connectivity index (χ1v) is 19.0. The maximum atomic E-state index is 13.9. The number of aliphatic imine (C=N–C) groups is 2. The molecule has 3 heterocycles. The second-order valence-corrected chi connectivity index (χ2v) is 14.4. The minimum Gasteiger partial charge on any atom is -0.277 e. The smallest absolute Gasteiger partial charge is 0.260 e. The van der Waals surface area contributed by atoms with Gasteiger partial charge in [0.15, 0.2) is 22.0 Å². The van der Waals surface area contributed by atoms with Crippen LogP contribution in [-0.4, -0.2) is 99.9 Å². The van der Waals surface area contributed by atoms with E-state index in [0.717, 1.165) is 72.1 Å². The minimum absolute atomic E-state index is 0.000214. The first-order valence-electron chi connectivity index (χ1n) is 17.1. The van der Waals surface area contributed by atoms with Gasteiger partial charge in [-0.05, 0) is 25.7 Å². The Labute approximate surface area is 289 Å². The number of carbonyl (C=O) groups excluding carboxylic acids is 6. The van der Waals surface area contributed by atoms with Crippen LogP contribution in [0.2, 0.25) is 0 Å². The zero-order valence-electron chi connectivity index (χ0n) is 28.2. The Kier molecular flexibility index (Phi) is 11.2. The Hall–Kier alpha value is -3.40. The average Bonchev–Trinajstić information content (AvgIpc) is 3.56. The highest BCUT2D eigenvalue weighted by Crippen LogP contribution is 2.44. The van der Waals surface area contributed by atoms with Crippen molar-refractivity contribution >= 4 is 81.0 Å². The fraction of sp³-hybridized carbons (Fsp3) is 0.688. The molecule has 0 N–H and O–H groups in total. The highest BCUT2D eigenvalue weighted by molar-refractivity contribution is 8.14. The lowest BCUT2D eigenvalue weighted by molar-refractivity contribution is -0.144. The third-order valence-electron chi connectivity index (χ3n) is 9.53. The monoisotopic (exact) mass is 700 g/mol. The Bertz CT molecular complexity index is 1380. The predicted molar refractivity (Wildman–Crippen MR) is 185 cm³/mol. The normalized spacial score (nSPS) is 25.0. The number of hydrogen-bond donors (Lipinski definition) is 0. The van der Waals surface area contributed by atoms with Crippen molar-refractivity contribution in [2.45, 2.75) is 129 Å². The number of hydrogen-bond acceptors (Lipinski definition) is 12. The van der Waals surface area contributed by atoms with Gasteiger partial charge in [-0.1, -0.05) is 89.7 Å². The van der Waals surface area contributed by atoms with E-state index in [1.807, 2.05) is 0 Å². The van der Waals surface area contributed by atoms with Crippen molar-refractivity contribution in [1.82, 2.24) is 19.8 Å². The van der Waals surface area contributed by atoms with Crippen molar-refractivity contribution in [3.63, 3.8) is 0 Å². The summed E-state index contributed by atoms with van der Waals surface area (Å²) >= 11 is 2.00. The third kappa shape index (κ3) is 6.49. The van der Waals surface area contributed by atoms with Gasteiger partial charge in [-0.3, -0.25) is 38.6 Å². The minimum atomic E-state index is -0.982. The van der Waals surface area contributed by atoms with Gasteiger partial charge in [0.2, 0.25) is 23.6 Å². The summed E-state index contributed by atoms with van der Waals surface area (Å²) in [5, 5.41) is 11.4. The number of fused-ring (bicyclic) bond motifs is 4. The molecule has 0 aromatic heterocycles. The molecule has 0 saturated heterocycles. The van der Waals surface area contributed by atoms with Crippen LogP contribution in [-0.2, 0) is 28.8 Å². The van der Waals surface area contributed by atoms with Crippen LogP contribution in [0.5, 0.6) is 0 Å². The molecular weight excluding hydrogens is 657 g/mol. The summed E-state index contributed by atoms with van der Waals surface area (Å²) in [6.45, 7) is 6.76. The molecule has 14 nitrogen and oxygen atoms in total. The molecule has 6 amide bonds. The first-order chi connectivity index (χ1) is 23.1. The Morgan fingerprint density at radius 1 is 0.562 bits per heavy atom. The lowest BCUT2D eigenvalue weighted by atomic mass is 9.80. The van der Waals surface area contributed by atoms with E-state index in [1.54, 1.807) is 37.5 Å². The summed E-state index contributed by atoms with van der Waals surface area (Å²) in [7, 11) is 0. The molecule has 0 aromatic rings. The molecule has 2 spiro atoms. The number of hydrazone groups is 2. The van der Waals surface area contributed by atoms with Crippen LogP contribution in [0.3, 0.4) is 0 Å². The number of thioether (sulfide) groups is 2. The van der Waals surface area contributed by atoms with E-state index in [2.05, 4.69) is 10.2 Å². The van der Waals surface area contributed by atoms with Gasteiger partial charge in [-0.2, -0.15) is 10.0 Å². The van der Waals surface area contributed by atoms with Crippen molar-refractivity contribution < 1.29 is 28.8 Å². The fourth-order valence-corrected chi connectivity index (χ4v) is 8.88. The van der Waals surface area contributed by atoms with Gasteiger partial charge in [0.05, 0.1) is 11.5 Å². The SMILES string of the molecule is CCC(=O)N1/N=C2\N=C(SCC(=O)N(C(=O)CC)/N=C3/N=C(SCC1=O)N(C(=O)CC)C31CCCCC1)N(C(=O)CC)C21CCCCC1. The number of amidine groups is 4. The van der Waals surface area contributed by atoms with Crippen molar-refractivity contribution in [2.24, 2.45) is 20.2 Å². The van der Waals surface area contributed by atoms with E-state index in [9.17, 15) is 28.8 Å². The van der Waals surface area contributed by atoms with E-state index in [0.29, 0.717) is 25.7 Å². The standard InChI is InChI=1S/C32H44N8O6S2/c1-5-21(41)37-29-33-27(31(37)15-11-9-12-16-31)35-39(23(43)7-3)26(46)20-48-30-34-28(36-40(24(44)8-4)25(45)19-47-29)32(17-13-10-14-18-32)38(30)22(42)6-2/h5-20H2,1-4H3/b35-27-,36-28+. The van der Waals surface area contributed by atoms with Gasteiger partial charge in [-0.25, -0.2) is 9.98 Å². The molecular formula is C32H44N8O6S2. The molecule has 48 heavy (non-hydrogen) atoms. The topological polar surface area (TPSA) is 165 Å². The maximum Gasteiger partial charge on any atom is 0.260 e. The summed E-state index contributed by atoms with van der Waals surface area (Å²) in [4.78, 5) is 94.2. The van der Waals surface area contributed by atoms with Crippen LogP contribution in [0.1, 0.15) is 118 Å². The number of amides is 6. The zero-order chi connectivity index (χ0) is 34.6. The highest BCUT2D eigenvalue weighted by atomic mass is 32.2. The summed E-state index contributed by atoms with van der Waals surface area (Å²) in [5.74, 6) is -2.93. The summed E-state index contributed by atoms with van der Waals surface area (Å²) < 4.78 is 0. The first kappa shape index (κ1) is 35.9. The molecule has 260 valence electrons. The number of carbonyl (C=O) groups is 6. The van der Waals surface area contributed by atoms with Gasteiger partial charge in [0.1, 0.15) is 11.1 Å². The van der Waals surface area contributed by atoms with E-state index >= 15 is 0 Å². The molecule has 5 rings (SSSR count). The molecule has 2 saturated carbocycles. The van der Waals surface area contributed by atoms with Crippen molar-refractivity contribution in [1.29, 1.82) is 0 Å². The molecule has 0 atom stereocenters. The number of imide groups is 2. The lowest BCUT2D eigenvalue weighted by Crippen LogP contribution is -2.56. The maximum absolute atomic E-state index is 13.9. The molecule has 2 aliphatic carbocycles. The molecule has 2 fully saturated rings. The highest BCUT2D eigenvalue weighted by Gasteiger charge is 2.54. The largest absolute Gasteiger partial charge is 0.277 e. The summed E-state index contributed by atoms with van der Waals surface area (Å²) in [6, 6.07) is 0. The van der Waals surface area contributed by atoms with Crippen molar-refractivity contribution in [3.05, 3.63) is 0 Å². The van der Waals surface area contributed by atoms with Gasteiger partial charge < -0.3 is 0 Å². The third-order valence-corrected chi connectivity index (χ3v) is 11.4. The second-order valence-electron chi connectivity index (χ2n) is 12.5. The number of nitrogens with zero attached hydrogens (tertiary/aromatic N) is 8. The Morgan fingerprint density at radius 3 is 1.21 bits per heavy atom. The van der Waals surface area contributed by atoms with Crippen LogP contribution in [0, 0.1) is 0 Å². The molecule has 0 aromatic carbocycles. The van der Waals surface area contributed by atoms with E-state index < -0.39 is 34.7 Å². The van der Waals surface area contributed by atoms with E-state index in [4.69, 9.17) is 9.98 Å². The molecule has 4 bridgehead atoms. The predicted octanol–water partition coefficient (Wildman–Crippen LogP) is 4.25. The molecule has 16 heteroatoms. The van der Waals surface area contributed by atoms with Crippen molar-refractivity contribution in [2.75, 3.05) is 11.5 Å². The Morgan fingerprint density at radius 2 is 0.896 bits per heavy atom. The Balaban J connectivity index is 1.67. The van der Waals surface area contributed by atoms with Crippen LogP contribution >= 0.6 is 23.5 Å². The second kappa shape index (κ2) is 15.0. The summed E-state index contributed by atoms with van der Waals surface area (Å²) in [5.41, 5.74) is -1.96. The van der Waals surface area contributed by atoms with Gasteiger partial charge in [0.25, 0.3) is 11.8 Å². The molecule has 3 aliphatic heterocycles. The summed E-state index contributed by atoms with van der Waals surface area (Å²) in [6.07, 6.45) is 7.45. The quantitative estimate of drug-likeness (QED) is 0.420. The molecule has 0 radical (unpaired) electrons. The number of rotatable bonds is 4. The van der Waals surface area contributed by atoms with Crippen LogP contribution in [0.25, 0.3) is 0 Å². The van der Waals surface area contributed by atoms with Crippen LogP contribution in [0.4, 0.5) is 0 Å². The van der Waals surface area contributed by atoms with Crippen LogP contribution < -0.4 is 0 Å². The molecule has 5 aliphatic rings. The van der Waals surface area contributed by atoms with Gasteiger partial charge in [0, 0.05) is 25.7 Å². The van der Waals surface area contributed by atoms with Crippen molar-refractivity contribution in [3.8, 4) is 0 Å². The fourth-order valence-electron chi connectivity index (χ4n) is 7.02. The van der Waals surface area contributed by atoms with E-state index in [-0.39, 0.29) is 71.0 Å².